The van der Waals surface area contributed by atoms with E-state index >= 15 is 0 Å². The highest BCUT2D eigenvalue weighted by Gasteiger charge is 2.65. The van der Waals surface area contributed by atoms with Crippen molar-refractivity contribution in [2.75, 3.05) is 7.11 Å². The Kier molecular flexibility index (Phi) is 6.26. The number of ether oxygens (including phenoxy) is 3. The number of aliphatic hydroxyl groups is 2. The van der Waals surface area contributed by atoms with Crippen LogP contribution in [-0.2, 0) is 23.8 Å². The number of cyclic esters (lactones) is 1. The summed E-state index contributed by atoms with van der Waals surface area (Å²) in [5, 5.41) is 21.8. The fraction of sp³-hybridized carbons (Fsp3) is 0.389. The maximum Gasteiger partial charge on any atom is 0.340 e. The minimum Gasteiger partial charge on any atom is -0.466 e. The standard InChI is InChI=1S/C18H15Br3O8/c1-18(26)12-10(7(15(23)27-2)5-28-17(12)25)13(22)14(18)29-16(24)11-8(20)3-6(19)4-9(11)21/h3-5,10,12-14,22,26H,1-2H3/t10-,12-,13+,14+,18-/m1/s1. The summed E-state index contributed by atoms with van der Waals surface area (Å²) in [6.45, 7) is 1.24. The number of rotatable bonds is 3. The molecule has 29 heavy (non-hydrogen) atoms. The number of hydrogen-bond acceptors (Lipinski definition) is 8. The minimum atomic E-state index is -2.00. The fourth-order valence-electron chi connectivity index (χ4n) is 3.70. The van der Waals surface area contributed by atoms with E-state index in [0.29, 0.717) is 13.4 Å². The molecule has 2 N–H and O–H groups in total. The molecule has 1 saturated carbocycles. The summed E-state index contributed by atoms with van der Waals surface area (Å²) in [5.41, 5.74) is -2.01. The van der Waals surface area contributed by atoms with Gasteiger partial charge in [0, 0.05) is 19.3 Å². The van der Waals surface area contributed by atoms with Crippen molar-refractivity contribution >= 4 is 65.7 Å². The van der Waals surface area contributed by atoms with Crippen LogP contribution in [-0.4, -0.2) is 53.0 Å². The highest BCUT2D eigenvalue weighted by atomic mass is 79.9. The number of carbonyl (C=O) groups excluding carboxylic acids is 3. The van der Waals surface area contributed by atoms with Crippen molar-refractivity contribution in [3.8, 4) is 0 Å². The zero-order valence-electron chi connectivity index (χ0n) is 15.0. The predicted octanol–water partition coefficient (Wildman–Crippen LogP) is 2.47. The van der Waals surface area contributed by atoms with Gasteiger partial charge in [-0.2, -0.15) is 0 Å². The van der Waals surface area contributed by atoms with Gasteiger partial charge in [-0.05, 0) is 50.9 Å². The molecule has 2 aliphatic rings. The molecule has 3 rings (SSSR count). The van der Waals surface area contributed by atoms with Gasteiger partial charge in [-0.1, -0.05) is 15.9 Å². The molecule has 1 aliphatic heterocycles. The molecule has 5 atom stereocenters. The molecule has 1 aromatic rings. The van der Waals surface area contributed by atoms with Gasteiger partial charge >= 0.3 is 17.9 Å². The van der Waals surface area contributed by atoms with Crippen LogP contribution in [0.5, 0.6) is 0 Å². The van der Waals surface area contributed by atoms with E-state index in [1.54, 1.807) is 12.1 Å². The number of methoxy groups -OCH3 is 1. The Hall–Kier alpha value is -1.27. The molecular weight excluding hydrogens is 584 g/mol. The monoisotopic (exact) mass is 596 g/mol. The van der Waals surface area contributed by atoms with Gasteiger partial charge in [0.05, 0.1) is 24.2 Å². The van der Waals surface area contributed by atoms with Crippen LogP contribution < -0.4 is 0 Å². The SMILES string of the molecule is COC(=O)C1=COC(=O)[C@H]2[C@@H]1[C@H](O)[C@H](OC(=O)c1c(Br)cc(Br)cc1Br)[C@]2(C)O. The van der Waals surface area contributed by atoms with E-state index in [9.17, 15) is 24.6 Å². The topological polar surface area (TPSA) is 119 Å². The Morgan fingerprint density at radius 3 is 2.31 bits per heavy atom. The van der Waals surface area contributed by atoms with E-state index in [0.717, 1.165) is 13.4 Å². The summed E-state index contributed by atoms with van der Waals surface area (Å²) in [6.07, 6.45) is -2.17. The second kappa shape index (κ2) is 8.10. The normalized spacial score (nSPS) is 30.9. The van der Waals surface area contributed by atoms with Crippen LogP contribution in [0.15, 0.2) is 37.4 Å². The zero-order chi connectivity index (χ0) is 21.7. The Morgan fingerprint density at radius 1 is 1.17 bits per heavy atom. The average Bonchev–Trinajstić information content (AvgIpc) is 2.82. The smallest absolute Gasteiger partial charge is 0.340 e. The number of esters is 3. The summed E-state index contributed by atoms with van der Waals surface area (Å²) in [6, 6.07) is 3.25. The molecule has 1 heterocycles. The molecule has 11 heteroatoms. The first-order valence-electron chi connectivity index (χ1n) is 8.25. The van der Waals surface area contributed by atoms with Crippen molar-refractivity contribution in [3.05, 3.63) is 42.9 Å². The van der Waals surface area contributed by atoms with Crippen LogP contribution in [0, 0.1) is 11.8 Å². The van der Waals surface area contributed by atoms with Crippen molar-refractivity contribution in [2.45, 2.75) is 24.7 Å². The van der Waals surface area contributed by atoms with E-state index in [1.165, 1.54) is 6.92 Å². The summed E-state index contributed by atoms with van der Waals surface area (Å²) >= 11 is 9.83. The summed E-state index contributed by atoms with van der Waals surface area (Å²) in [4.78, 5) is 37.1. The molecule has 1 fully saturated rings. The van der Waals surface area contributed by atoms with Crippen LogP contribution in [0.25, 0.3) is 0 Å². The highest BCUT2D eigenvalue weighted by molar-refractivity contribution is 9.11. The van der Waals surface area contributed by atoms with Gasteiger partial charge in [0.2, 0.25) is 0 Å². The van der Waals surface area contributed by atoms with Gasteiger partial charge < -0.3 is 24.4 Å². The number of halogens is 3. The Labute approximate surface area is 190 Å². The van der Waals surface area contributed by atoms with Crippen molar-refractivity contribution < 1.29 is 38.8 Å². The van der Waals surface area contributed by atoms with E-state index in [2.05, 4.69) is 52.5 Å². The Morgan fingerprint density at radius 2 is 1.76 bits per heavy atom. The number of fused-ring (bicyclic) bond motifs is 1. The number of aliphatic hydroxyl groups excluding tert-OH is 1. The Balaban J connectivity index is 1.97. The maximum atomic E-state index is 12.8. The summed E-state index contributed by atoms with van der Waals surface area (Å²) < 4.78 is 16.5. The third-order valence-electron chi connectivity index (χ3n) is 5.02. The molecule has 0 spiro atoms. The van der Waals surface area contributed by atoms with Crippen LogP contribution >= 0.6 is 47.8 Å². The number of benzene rings is 1. The van der Waals surface area contributed by atoms with E-state index in [1.807, 2.05) is 0 Å². The first-order valence-corrected chi connectivity index (χ1v) is 10.6. The number of hydrogen-bond donors (Lipinski definition) is 2. The quantitative estimate of drug-likeness (QED) is 0.402. The van der Waals surface area contributed by atoms with Crippen molar-refractivity contribution in [1.29, 1.82) is 0 Å². The molecule has 0 aromatic heterocycles. The lowest BCUT2D eigenvalue weighted by Gasteiger charge is -2.31. The summed E-state index contributed by atoms with van der Waals surface area (Å²) in [7, 11) is 1.13. The molecule has 8 nitrogen and oxygen atoms in total. The second-order valence-electron chi connectivity index (χ2n) is 6.79. The fourth-order valence-corrected chi connectivity index (χ4v) is 6.28. The van der Waals surface area contributed by atoms with Crippen molar-refractivity contribution in [2.24, 2.45) is 11.8 Å². The molecule has 0 unspecified atom stereocenters. The lowest BCUT2D eigenvalue weighted by atomic mass is 9.81. The molecule has 0 radical (unpaired) electrons. The minimum absolute atomic E-state index is 0.123. The van der Waals surface area contributed by atoms with Crippen LogP contribution in [0.1, 0.15) is 17.3 Å². The molecule has 0 saturated heterocycles. The van der Waals surface area contributed by atoms with Gasteiger partial charge in [0.1, 0.15) is 18.0 Å². The number of carbonyl (C=O) groups is 3. The van der Waals surface area contributed by atoms with E-state index in [4.69, 9.17) is 9.47 Å². The van der Waals surface area contributed by atoms with Gasteiger partial charge in [-0.15, -0.1) is 0 Å². The Bertz CT molecular complexity index is 903. The maximum absolute atomic E-state index is 12.8. The first-order chi connectivity index (χ1) is 13.5. The van der Waals surface area contributed by atoms with Crippen molar-refractivity contribution in [3.63, 3.8) is 0 Å². The second-order valence-corrected chi connectivity index (χ2v) is 9.42. The lowest BCUT2D eigenvalue weighted by Crippen LogP contribution is -2.48. The van der Waals surface area contributed by atoms with Crippen LogP contribution in [0.2, 0.25) is 0 Å². The molecular formula is C18H15Br3O8. The van der Waals surface area contributed by atoms with Crippen LogP contribution in [0.3, 0.4) is 0 Å². The van der Waals surface area contributed by atoms with E-state index < -0.39 is 47.6 Å². The third-order valence-corrected chi connectivity index (χ3v) is 6.73. The molecule has 1 aliphatic carbocycles. The molecule has 1 aromatic carbocycles. The predicted molar refractivity (Wildman–Crippen MR) is 109 cm³/mol. The van der Waals surface area contributed by atoms with Gasteiger partial charge in [-0.3, -0.25) is 4.79 Å². The van der Waals surface area contributed by atoms with E-state index in [-0.39, 0.29) is 11.1 Å². The molecule has 0 bridgehead atoms. The molecule has 0 amide bonds. The lowest BCUT2D eigenvalue weighted by molar-refractivity contribution is -0.159. The molecule has 156 valence electrons. The average molecular weight is 599 g/mol. The van der Waals surface area contributed by atoms with Gasteiger partial charge in [0.15, 0.2) is 6.10 Å². The van der Waals surface area contributed by atoms with Gasteiger partial charge in [0.25, 0.3) is 0 Å². The zero-order valence-corrected chi connectivity index (χ0v) is 19.8. The third kappa shape index (κ3) is 3.78. The largest absolute Gasteiger partial charge is 0.466 e. The highest BCUT2D eigenvalue weighted by Crippen LogP contribution is 2.48. The van der Waals surface area contributed by atoms with Gasteiger partial charge in [-0.25, -0.2) is 9.59 Å². The van der Waals surface area contributed by atoms with Crippen LogP contribution in [0.4, 0.5) is 0 Å². The summed E-state index contributed by atoms with van der Waals surface area (Å²) in [5.74, 6) is -5.01. The van der Waals surface area contributed by atoms with Crippen molar-refractivity contribution in [1.82, 2.24) is 0 Å². The first kappa shape index (κ1) is 22.4.